The molecular formula is C11H14N2O. The van der Waals surface area contributed by atoms with E-state index >= 15 is 0 Å². The van der Waals surface area contributed by atoms with Gasteiger partial charge in [0.05, 0.1) is 0 Å². The molecule has 2 N–H and O–H groups in total. The molecule has 0 aliphatic heterocycles. The van der Waals surface area contributed by atoms with Crippen LogP contribution >= 0.6 is 0 Å². The topological polar surface area (TPSA) is 56.0 Å². The Bertz CT molecular complexity index is 345. The fourth-order valence-corrected chi connectivity index (χ4v) is 1.53. The van der Waals surface area contributed by atoms with Crippen LogP contribution in [0.4, 0.5) is 5.82 Å². The van der Waals surface area contributed by atoms with Crippen LogP contribution in [0, 0.1) is 5.92 Å². The number of nitrogens with two attached hydrogens (primary N) is 1. The van der Waals surface area contributed by atoms with Crippen molar-refractivity contribution in [3.05, 3.63) is 23.9 Å². The van der Waals surface area contributed by atoms with Gasteiger partial charge in [0.15, 0.2) is 0 Å². The smallest absolute Gasteiger partial charge is 0.137 e. The van der Waals surface area contributed by atoms with Crippen molar-refractivity contribution in [2.24, 2.45) is 5.92 Å². The maximum atomic E-state index is 11.5. The van der Waals surface area contributed by atoms with Crippen LogP contribution in [-0.4, -0.2) is 10.8 Å². The van der Waals surface area contributed by atoms with E-state index in [9.17, 15) is 4.79 Å². The van der Waals surface area contributed by atoms with Gasteiger partial charge in [0.2, 0.25) is 0 Å². The van der Waals surface area contributed by atoms with Crippen molar-refractivity contribution in [2.75, 3.05) is 5.73 Å². The first-order valence-corrected chi connectivity index (χ1v) is 4.97. The molecule has 74 valence electrons. The molecule has 2 rings (SSSR count). The molecule has 1 aliphatic rings. The van der Waals surface area contributed by atoms with Gasteiger partial charge in [-0.05, 0) is 24.8 Å². The molecule has 1 aromatic rings. The minimum absolute atomic E-state index is 0.284. The average molecular weight is 190 g/mol. The van der Waals surface area contributed by atoms with Gasteiger partial charge in [-0.3, -0.25) is 4.79 Å². The summed E-state index contributed by atoms with van der Waals surface area (Å²) in [6.45, 7) is 0. The third kappa shape index (κ3) is 2.31. The van der Waals surface area contributed by atoms with Gasteiger partial charge in [0, 0.05) is 24.6 Å². The standard InChI is InChI=1S/C11H14N2O/c12-11-9(2-1-5-13-11)7-10(14)6-8-3-4-8/h1-2,5,8H,3-4,6-7H2,(H2,12,13). The molecule has 0 radical (unpaired) electrons. The molecule has 0 saturated heterocycles. The van der Waals surface area contributed by atoms with Crippen LogP contribution in [0.2, 0.25) is 0 Å². The zero-order valence-corrected chi connectivity index (χ0v) is 8.07. The maximum absolute atomic E-state index is 11.5. The van der Waals surface area contributed by atoms with Crippen molar-refractivity contribution in [3.63, 3.8) is 0 Å². The summed E-state index contributed by atoms with van der Waals surface area (Å²) in [4.78, 5) is 15.5. The minimum Gasteiger partial charge on any atom is -0.383 e. The minimum atomic E-state index is 0.284. The van der Waals surface area contributed by atoms with E-state index < -0.39 is 0 Å². The molecule has 1 heterocycles. The van der Waals surface area contributed by atoms with Gasteiger partial charge in [-0.15, -0.1) is 0 Å². The molecule has 0 spiro atoms. The van der Waals surface area contributed by atoms with Crippen LogP contribution in [-0.2, 0) is 11.2 Å². The average Bonchev–Trinajstić information content (AvgIpc) is 2.93. The molecule has 1 aliphatic carbocycles. The number of aromatic nitrogens is 1. The molecule has 1 fully saturated rings. The summed E-state index contributed by atoms with van der Waals surface area (Å²) in [7, 11) is 0. The maximum Gasteiger partial charge on any atom is 0.137 e. The second-order valence-corrected chi connectivity index (χ2v) is 3.91. The Morgan fingerprint density at radius 3 is 3.00 bits per heavy atom. The summed E-state index contributed by atoms with van der Waals surface area (Å²) in [5.41, 5.74) is 6.51. The summed E-state index contributed by atoms with van der Waals surface area (Å²) < 4.78 is 0. The zero-order chi connectivity index (χ0) is 9.97. The number of hydrogen-bond donors (Lipinski definition) is 1. The Hall–Kier alpha value is -1.38. The van der Waals surface area contributed by atoms with Gasteiger partial charge in [0.25, 0.3) is 0 Å². The van der Waals surface area contributed by atoms with E-state index in [0.29, 0.717) is 24.6 Å². The second-order valence-electron chi connectivity index (χ2n) is 3.91. The van der Waals surface area contributed by atoms with E-state index in [0.717, 1.165) is 5.56 Å². The highest BCUT2D eigenvalue weighted by Gasteiger charge is 2.24. The second kappa shape index (κ2) is 3.78. The van der Waals surface area contributed by atoms with E-state index in [1.807, 2.05) is 12.1 Å². The van der Waals surface area contributed by atoms with Crippen molar-refractivity contribution >= 4 is 11.6 Å². The lowest BCUT2D eigenvalue weighted by Crippen LogP contribution is -2.06. The van der Waals surface area contributed by atoms with Gasteiger partial charge in [-0.2, -0.15) is 0 Å². The predicted molar refractivity (Wildman–Crippen MR) is 54.7 cm³/mol. The quantitative estimate of drug-likeness (QED) is 0.784. The highest BCUT2D eigenvalue weighted by Crippen LogP contribution is 2.32. The number of carbonyl (C=O) groups excluding carboxylic acids is 1. The van der Waals surface area contributed by atoms with Crippen molar-refractivity contribution in [1.82, 2.24) is 4.98 Å². The van der Waals surface area contributed by atoms with E-state index in [1.165, 1.54) is 12.8 Å². The van der Waals surface area contributed by atoms with Crippen LogP contribution in [0.25, 0.3) is 0 Å². The largest absolute Gasteiger partial charge is 0.383 e. The van der Waals surface area contributed by atoms with Crippen LogP contribution in [0.1, 0.15) is 24.8 Å². The molecule has 0 aromatic carbocycles. The van der Waals surface area contributed by atoms with Crippen molar-refractivity contribution in [2.45, 2.75) is 25.7 Å². The molecule has 1 aromatic heterocycles. The summed E-state index contributed by atoms with van der Waals surface area (Å²) in [5.74, 6) is 1.42. The number of carbonyl (C=O) groups is 1. The number of hydrogen-bond acceptors (Lipinski definition) is 3. The number of ketones is 1. The van der Waals surface area contributed by atoms with Gasteiger partial charge >= 0.3 is 0 Å². The summed E-state index contributed by atoms with van der Waals surface area (Å²) >= 11 is 0. The number of nitrogen functional groups attached to an aromatic ring is 1. The first kappa shape index (κ1) is 9.19. The lowest BCUT2D eigenvalue weighted by Gasteiger charge is -2.02. The van der Waals surface area contributed by atoms with Crippen LogP contribution in [0.3, 0.4) is 0 Å². The molecule has 3 heteroatoms. The Balaban J connectivity index is 1.95. The van der Waals surface area contributed by atoms with Crippen LogP contribution in [0.15, 0.2) is 18.3 Å². The highest BCUT2D eigenvalue weighted by molar-refractivity contribution is 5.82. The first-order valence-electron chi connectivity index (χ1n) is 4.97. The Labute approximate surface area is 83.3 Å². The Morgan fingerprint density at radius 2 is 2.36 bits per heavy atom. The summed E-state index contributed by atoms with van der Waals surface area (Å²) in [6, 6.07) is 3.68. The number of pyridine rings is 1. The molecule has 3 nitrogen and oxygen atoms in total. The van der Waals surface area contributed by atoms with Crippen molar-refractivity contribution in [1.29, 1.82) is 0 Å². The van der Waals surface area contributed by atoms with Gasteiger partial charge in [0.1, 0.15) is 11.6 Å². The first-order chi connectivity index (χ1) is 6.75. The van der Waals surface area contributed by atoms with Crippen molar-refractivity contribution in [3.8, 4) is 0 Å². The highest BCUT2D eigenvalue weighted by atomic mass is 16.1. The SMILES string of the molecule is Nc1ncccc1CC(=O)CC1CC1. The summed E-state index contributed by atoms with van der Waals surface area (Å²) in [6.07, 6.45) is 5.23. The lowest BCUT2D eigenvalue weighted by atomic mass is 10.1. The van der Waals surface area contributed by atoms with Crippen molar-refractivity contribution < 1.29 is 4.79 Å². The molecular weight excluding hydrogens is 176 g/mol. The van der Waals surface area contributed by atoms with E-state index in [2.05, 4.69) is 4.98 Å². The normalized spacial score (nSPS) is 15.4. The predicted octanol–water partition coefficient (Wildman–Crippen LogP) is 1.58. The number of Topliss-reactive ketones (excluding diaryl/α,β-unsaturated/α-hetero) is 1. The number of rotatable bonds is 4. The number of anilines is 1. The van der Waals surface area contributed by atoms with Crippen LogP contribution in [0.5, 0.6) is 0 Å². The molecule has 0 atom stereocenters. The van der Waals surface area contributed by atoms with E-state index in [1.54, 1.807) is 6.20 Å². The van der Waals surface area contributed by atoms with Gasteiger partial charge in [-0.1, -0.05) is 6.07 Å². The Morgan fingerprint density at radius 1 is 1.57 bits per heavy atom. The number of nitrogens with zero attached hydrogens (tertiary/aromatic N) is 1. The Kier molecular flexibility index (Phi) is 2.48. The van der Waals surface area contributed by atoms with Gasteiger partial charge in [-0.25, -0.2) is 4.98 Å². The molecule has 14 heavy (non-hydrogen) atoms. The third-order valence-corrected chi connectivity index (χ3v) is 2.53. The zero-order valence-electron chi connectivity index (χ0n) is 8.07. The monoisotopic (exact) mass is 190 g/mol. The van der Waals surface area contributed by atoms with E-state index in [-0.39, 0.29) is 5.78 Å². The third-order valence-electron chi connectivity index (χ3n) is 2.53. The molecule has 0 unspecified atom stereocenters. The van der Waals surface area contributed by atoms with E-state index in [4.69, 9.17) is 5.73 Å². The van der Waals surface area contributed by atoms with Gasteiger partial charge < -0.3 is 5.73 Å². The molecule has 0 bridgehead atoms. The van der Waals surface area contributed by atoms with Crippen LogP contribution < -0.4 is 5.73 Å². The summed E-state index contributed by atoms with van der Waals surface area (Å²) in [5, 5.41) is 0. The fraction of sp³-hybridized carbons (Fsp3) is 0.455. The molecule has 1 saturated carbocycles. The molecule has 0 amide bonds. The lowest BCUT2D eigenvalue weighted by molar-refractivity contribution is -0.118. The fourth-order valence-electron chi connectivity index (χ4n) is 1.53.